The zero-order chi connectivity index (χ0) is 6.24. The second kappa shape index (κ2) is 6.89. The molecule has 8 heavy (non-hydrogen) atoms. The predicted octanol–water partition coefficient (Wildman–Crippen LogP) is 2.04. The molecule has 1 saturated carbocycles. The van der Waals surface area contributed by atoms with E-state index < -0.39 is 0 Å². The Kier molecular flexibility index (Phi) is 6.80. The van der Waals surface area contributed by atoms with E-state index in [4.69, 9.17) is 0 Å². The normalized spacial score (nSPS) is 17.2. The van der Waals surface area contributed by atoms with Crippen LogP contribution >= 0.6 is 0 Å². The summed E-state index contributed by atoms with van der Waals surface area (Å²) in [7, 11) is 1.21. The van der Waals surface area contributed by atoms with Crippen LogP contribution in [-0.2, 0) is 0 Å². The fourth-order valence-corrected chi connectivity index (χ4v) is 0.884. The van der Waals surface area contributed by atoms with Gasteiger partial charge in [-0.05, 0) is 0 Å². The molecule has 50 valence electrons. The summed E-state index contributed by atoms with van der Waals surface area (Å²) in [6.07, 6.45) is 7.50. The Morgan fingerprint density at radius 1 is 1.00 bits per heavy atom. The van der Waals surface area contributed by atoms with Gasteiger partial charge in [0.05, 0.1) is 0 Å². The molecular weight excluding hydrogens is 105 g/mol. The second-order valence-corrected chi connectivity index (χ2v) is 1.96. The SMILES string of the molecule is C1CCCC1.CNF. The number of halogens is 1. The third-order valence-electron chi connectivity index (χ3n) is 1.25. The van der Waals surface area contributed by atoms with E-state index in [1.54, 1.807) is 0 Å². The van der Waals surface area contributed by atoms with Gasteiger partial charge < -0.3 is 0 Å². The topological polar surface area (TPSA) is 12.0 Å². The molecule has 0 atom stereocenters. The summed E-state index contributed by atoms with van der Waals surface area (Å²) >= 11 is 0. The molecular formula is C6H14FN. The molecule has 0 aromatic rings. The van der Waals surface area contributed by atoms with Crippen LogP contribution in [0.5, 0.6) is 0 Å². The smallest absolute Gasteiger partial charge is 0.0145 e. The van der Waals surface area contributed by atoms with Crippen LogP contribution in [-0.4, -0.2) is 7.05 Å². The van der Waals surface area contributed by atoms with Crippen molar-refractivity contribution in [3.63, 3.8) is 0 Å². The van der Waals surface area contributed by atoms with E-state index in [9.17, 15) is 4.48 Å². The third-order valence-corrected chi connectivity index (χ3v) is 1.25. The van der Waals surface area contributed by atoms with Crippen molar-refractivity contribution in [3.05, 3.63) is 0 Å². The molecule has 0 aliphatic heterocycles. The zero-order valence-corrected chi connectivity index (χ0v) is 5.41. The molecule has 0 bridgehead atoms. The van der Waals surface area contributed by atoms with Crippen LogP contribution in [0.2, 0.25) is 0 Å². The Labute approximate surface area is 50.2 Å². The van der Waals surface area contributed by atoms with E-state index in [-0.39, 0.29) is 0 Å². The van der Waals surface area contributed by atoms with Crippen LogP contribution < -0.4 is 5.54 Å². The van der Waals surface area contributed by atoms with Crippen molar-refractivity contribution in [2.45, 2.75) is 32.1 Å². The van der Waals surface area contributed by atoms with Crippen molar-refractivity contribution < 1.29 is 4.48 Å². The molecule has 1 N–H and O–H groups in total. The molecule has 0 amide bonds. The molecule has 0 spiro atoms. The van der Waals surface area contributed by atoms with Crippen LogP contribution in [0.4, 0.5) is 4.48 Å². The minimum Gasteiger partial charge on any atom is -0.162 e. The lowest BCUT2D eigenvalue weighted by molar-refractivity contribution is 0.380. The summed E-state index contributed by atoms with van der Waals surface area (Å²) in [5.74, 6) is 0. The highest BCUT2D eigenvalue weighted by molar-refractivity contribution is 4.51. The minimum absolute atomic E-state index is 1.21. The van der Waals surface area contributed by atoms with Crippen molar-refractivity contribution in [1.29, 1.82) is 0 Å². The highest BCUT2D eigenvalue weighted by Crippen LogP contribution is 2.15. The van der Waals surface area contributed by atoms with Crippen LogP contribution in [0.15, 0.2) is 0 Å². The van der Waals surface area contributed by atoms with Crippen molar-refractivity contribution >= 4 is 0 Å². The van der Waals surface area contributed by atoms with E-state index in [0.717, 1.165) is 0 Å². The predicted molar refractivity (Wildman–Crippen MR) is 33.3 cm³/mol. The summed E-state index contributed by atoms with van der Waals surface area (Å²) in [6.45, 7) is 0. The van der Waals surface area contributed by atoms with E-state index in [2.05, 4.69) is 0 Å². The quantitative estimate of drug-likeness (QED) is 0.481. The highest BCUT2D eigenvalue weighted by atomic mass is 19.2. The maximum absolute atomic E-state index is 10.0. The Morgan fingerprint density at radius 3 is 1.25 bits per heavy atom. The van der Waals surface area contributed by atoms with Gasteiger partial charge >= 0.3 is 0 Å². The van der Waals surface area contributed by atoms with Gasteiger partial charge in [-0.25, -0.2) is 0 Å². The highest BCUT2D eigenvalue weighted by Gasteiger charge is 1.95. The van der Waals surface area contributed by atoms with Gasteiger partial charge in [0.15, 0.2) is 0 Å². The standard InChI is InChI=1S/C5H10.CH4FN/c1-2-4-5-3-1;1-3-2/h1-5H2;3H,1H3. The molecule has 0 heterocycles. The first-order valence-corrected chi connectivity index (χ1v) is 3.19. The lowest BCUT2D eigenvalue weighted by Crippen LogP contribution is -1.79. The first-order chi connectivity index (χ1) is 3.91. The van der Waals surface area contributed by atoms with Gasteiger partial charge in [-0.15, -0.1) is 4.48 Å². The first-order valence-electron chi connectivity index (χ1n) is 3.19. The second-order valence-electron chi connectivity index (χ2n) is 1.96. The lowest BCUT2D eigenvalue weighted by atomic mass is 10.4. The van der Waals surface area contributed by atoms with Gasteiger partial charge in [-0.2, -0.15) is 5.54 Å². The molecule has 0 unspecified atom stereocenters. The summed E-state index contributed by atoms with van der Waals surface area (Å²) in [5, 5.41) is 0. The van der Waals surface area contributed by atoms with Gasteiger partial charge in [-0.1, -0.05) is 32.1 Å². The van der Waals surface area contributed by atoms with Crippen molar-refractivity contribution in [1.82, 2.24) is 5.54 Å². The zero-order valence-electron chi connectivity index (χ0n) is 5.41. The van der Waals surface area contributed by atoms with Gasteiger partial charge in [0, 0.05) is 7.05 Å². The van der Waals surface area contributed by atoms with Crippen LogP contribution in [0.1, 0.15) is 32.1 Å². The molecule has 0 aromatic heterocycles. The fourth-order valence-electron chi connectivity index (χ4n) is 0.884. The van der Waals surface area contributed by atoms with Crippen LogP contribution in [0, 0.1) is 0 Å². The monoisotopic (exact) mass is 119 g/mol. The van der Waals surface area contributed by atoms with Gasteiger partial charge in [0.1, 0.15) is 0 Å². The van der Waals surface area contributed by atoms with Gasteiger partial charge in [-0.3, -0.25) is 0 Å². The fraction of sp³-hybridized carbons (Fsp3) is 1.00. The van der Waals surface area contributed by atoms with Gasteiger partial charge in [0.2, 0.25) is 0 Å². The number of rotatable bonds is 0. The van der Waals surface area contributed by atoms with E-state index in [0.29, 0.717) is 0 Å². The number of hydrogen-bond donors (Lipinski definition) is 1. The lowest BCUT2D eigenvalue weighted by Gasteiger charge is -1.67. The van der Waals surface area contributed by atoms with E-state index in [1.165, 1.54) is 44.7 Å². The van der Waals surface area contributed by atoms with E-state index >= 15 is 0 Å². The molecule has 0 saturated heterocycles. The molecule has 1 rings (SSSR count). The molecule has 1 fully saturated rings. The summed E-state index contributed by atoms with van der Waals surface area (Å²) in [4.78, 5) is 0. The Bertz CT molecular complexity index is 27.9. The first kappa shape index (κ1) is 7.89. The molecule has 1 aliphatic rings. The Morgan fingerprint density at radius 2 is 1.12 bits per heavy atom. The van der Waals surface area contributed by atoms with Crippen molar-refractivity contribution in [2.24, 2.45) is 0 Å². The molecule has 1 nitrogen and oxygen atoms in total. The maximum Gasteiger partial charge on any atom is 0.0145 e. The van der Waals surface area contributed by atoms with E-state index in [1.807, 2.05) is 0 Å². The summed E-state index contributed by atoms with van der Waals surface area (Å²) < 4.78 is 10.0. The summed E-state index contributed by atoms with van der Waals surface area (Å²) in [5.41, 5.74) is 1.25. The number of nitrogens with one attached hydrogen (secondary N) is 1. The largest absolute Gasteiger partial charge is 0.162 e. The average Bonchev–Trinajstić information content (AvgIpc) is 2.17. The van der Waals surface area contributed by atoms with Crippen LogP contribution in [0.25, 0.3) is 0 Å². The maximum atomic E-state index is 10.0. The third kappa shape index (κ3) is 5.89. The summed E-state index contributed by atoms with van der Waals surface area (Å²) in [6, 6.07) is 0. The van der Waals surface area contributed by atoms with Crippen molar-refractivity contribution in [2.75, 3.05) is 7.05 Å². The average molecular weight is 119 g/mol. The minimum atomic E-state index is 1.21. The van der Waals surface area contributed by atoms with Crippen LogP contribution in [0.3, 0.4) is 0 Å². The molecule has 0 aromatic carbocycles. The number of hydrogen-bond acceptors (Lipinski definition) is 1. The molecule has 2 heteroatoms. The molecule has 1 aliphatic carbocycles. The Hall–Kier alpha value is -0.110. The van der Waals surface area contributed by atoms with Gasteiger partial charge in [0.25, 0.3) is 0 Å². The molecule has 0 radical (unpaired) electrons. The van der Waals surface area contributed by atoms with Crippen molar-refractivity contribution in [3.8, 4) is 0 Å². The Balaban J connectivity index is 0.000000145.